The second-order valence-corrected chi connectivity index (χ2v) is 9.07. The summed E-state index contributed by atoms with van der Waals surface area (Å²) in [6.45, 7) is 3.16. The molecule has 1 heterocycles. The van der Waals surface area contributed by atoms with Gasteiger partial charge in [-0.25, -0.2) is 0 Å². The second kappa shape index (κ2) is 13.2. The van der Waals surface area contributed by atoms with Crippen molar-refractivity contribution in [2.24, 2.45) is 0 Å². The van der Waals surface area contributed by atoms with Crippen LogP contribution in [0.4, 0.5) is 0 Å². The average molecular weight is 499 g/mol. The van der Waals surface area contributed by atoms with Crippen molar-refractivity contribution in [2.75, 3.05) is 46.5 Å². The molecule has 1 saturated heterocycles. The maximum Gasteiger partial charge on any atom is 0.122 e. The minimum absolute atomic E-state index is 0.176. The fourth-order valence-electron chi connectivity index (χ4n) is 3.70. The molecule has 0 aromatic heterocycles. The summed E-state index contributed by atoms with van der Waals surface area (Å²) in [6, 6.07) is 12.6. The number of aliphatic hydroxyl groups excluding tert-OH is 2. The largest absolute Gasteiger partial charge is 0.497 e. The molecule has 0 amide bonds. The SMILES string of the molecule is COc1ccc(OC[C@@H](O)CNC2CCN(C[C@@H](O)COc3cc(Cl)cc(Cl)c3)CC2)cc1. The van der Waals surface area contributed by atoms with Gasteiger partial charge >= 0.3 is 0 Å². The van der Waals surface area contributed by atoms with Gasteiger partial charge in [-0.3, -0.25) is 0 Å². The number of benzene rings is 2. The highest BCUT2D eigenvalue weighted by atomic mass is 35.5. The van der Waals surface area contributed by atoms with Crippen LogP contribution in [0, 0.1) is 0 Å². The van der Waals surface area contributed by atoms with Gasteiger partial charge in [0.25, 0.3) is 0 Å². The lowest BCUT2D eigenvalue weighted by Crippen LogP contribution is -2.47. The summed E-state index contributed by atoms with van der Waals surface area (Å²) in [6.07, 6.45) is 0.695. The molecule has 3 rings (SSSR count). The van der Waals surface area contributed by atoms with Crippen LogP contribution in [0.2, 0.25) is 10.0 Å². The van der Waals surface area contributed by atoms with Gasteiger partial charge in [0, 0.05) is 29.2 Å². The Morgan fingerprint density at radius 2 is 1.48 bits per heavy atom. The summed E-state index contributed by atoms with van der Waals surface area (Å²) in [7, 11) is 1.62. The lowest BCUT2D eigenvalue weighted by Gasteiger charge is -2.33. The van der Waals surface area contributed by atoms with Crippen LogP contribution >= 0.6 is 23.2 Å². The molecule has 0 radical (unpaired) electrons. The van der Waals surface area contributed by atoms with E-state index < -0.39 is 12.2 Å². The van der Waals surface area contributed by atoms with Gasteiger partial charge in [-0.15, -0.1) is 0 Å². The number of β-amino-alcohol motifs (C(OH)–C–C–N with tert-alkyl or cyclic N) is 1. The van der Waals surface area contributed by atoms with E-state index in [-0.39, 0.29) is 13.2 Å². The topological polar surface area (TPSA) is 83.4 Å². The normalized spacial score (nSPS) is 16.9. The van der Waals surface area contributed by atoms with Crippen molar-refractivity contribution in [2.45, 2.75) is 31.1 Å². The van der Waals surface area contributed by atoms with Gasteiger partial charge in [-0.2, -0.15) is 0 Å². The van der Waals surface area contributed by atoms with Crippen molar-refractivity contribution >= 4 is 23.2 Å². The van der Waals surface area contributed by atoms with Crippen LogP contribution < -0.4 is 19.5 Å². The van der Waals surface area contributed by atoms with Crippen molar-refractivity contribution in [1.29, 1.82) is 0 Å². The summed E-state index contributed by atoms with van der Waals surface area (Å²) < 4.78 is 16.4. The van der Waals surface area contributed by atoms with Gasteiger partial charge in [0.1, 0.15) is 42.7 Å². The monoisotopic (exact) mass is 498 g/mol. The van der Waals surface area contributed by atoms with E-state index in [1.165, 1.54) is 0 Å². The maximum absolute atomic E-state index is 10.3. The molecule has 7 nitrogen and oxygen atoms in total. The van der Waals surface area contributed by atoms with E-state index >= 15 is 0 Å². The summed E-state index contributed by atoms with van der Waals surface area (Å²) in [5, 5.41) is 25.0. The minimum atomic E-state index is -0.607. The second-order valence-electron chi connectivity index (χ2n) is 8.19. The van der Waals surface area contributed by atoms with Crippen LogP contribution in [0.1, 0.15) is 12.8 Å². The van der Waals surface area contributed by atoms with Crippen molar-refractivity contribution in [3.05, 3.63) is 52.5 Å². The molecule has 0 saturated carbocycles. The summed E-state index contributed by atoms with van der Waals surface area (Å²) in [5.74, 6) is 2.01. The first-order valence-electron chi connectivity index (χ1n) is 11.1. The van der Waals surface area contributed by atoms with Gasteiger partial charge in [0.05, 0.1) is 7.11 Å². The highest BCUT2D eigenvalue weighted by Gasteiger charge is 2.21. The fourth-order valence-corrected chi connectivity index (χ4v) is 4.21. The molecule has 9 heteroatoms. The molecule has 3 N–H and O–H groups in total. The number of hydrogen-bond acceptors (Lipinski definition) is 7. The highest BCUT2D eigenvalue weighted by molar-refractivity contribution is 6.34. The Kier molecular flexibility index (Phi) is 10.4. The minimum Gasteiger partial charge on any atom is -0.497 e. The third-order valence-electron chi connectivity index (χ3n) is 5.48. The molecule has 33 heavy (non-hydrogen) atoms. The van der Waals surface area contributed by atoms with Gasteiger partial charge in [0.15, 0.2) is 0 Å². The average Bonchev–Trinajstić information content (AvgIpc) is 2.81. The predicted molar refractivity (Wildman–Crippen MR) is 130 cm³/mol. The number of methoxy groups -OCH3 is 1. The van der Waals surface area contributed by atoms with Gasteiger partial charge < -0.3 is 34.6 Å². The molecule has 2 aromatic carbocycles. The predicted octanol–water partition coefficient (Wildman–Crippen LogP) is 3.24. The van der Waals surface area contributed by atoms with E-state index in [9.17, 15) is 10.2 Å². The van der Waals surface area contributed by atoms with Gasteiger partial charge in [-0.05, 0) is 68.4 Å². The molecular formula is C24H32Cl2N2O5. The number of ether oxygens (including phenoxy) is 3. The number of halogens is 2. The Hall–Kier alpha value is -1.74. The van der Waals surface area contributed by atoms with E-state index in [2.05, 4.69) is 10.2 Å². The molecule has 1 fully saturated rings. The summed E-state index contributed by atoms with van der Waals surface area (Å²) >= 11 is 11.9. The van der Waals surface area contributed by atoms with Gasteiger partial charge in [-0.1, -0.05) is 23.2 Å². The zero-order chi connectivity index (χ0) is 23.6. The highest BCUT2D eigenvalue weighted by Crippen LogP contribution is 2.24. The van der Waals surface area contributed by atoms with Crippen molar-refractivity contribution in [1.82, 2.24) is 10.2 Å². The smallest absolute Gasteiger partial charge is 0.122 e. The molecule has 0 bridgehead atoms. The number of rotatable bonds is 12. The molecule has 0 unspecified atom stereocenters. The van der Waals surface area contributed by atoms with E-state index in [1.807, 2.05) is 24.3 Å². The van der Waals surface area contributed by atoms with Crippen molar-refractivity contribution in [3.8, 4) is 17.2 Å². The number of aliphatic hydroxyl groups is 2. The van der Waals surface area contributed by atoms with Crippen LogP contribution in [0.3, 0.4) is 0 Å². The molecule has 1 aliphatic rings. The molecule has 182 valence electrons. The number of hydrogen-bond donors (Lipinski definition) is 3. The third-order valence-corrected chi connectivity index (χ3v) is 5.92. The van der Waals surface area contributed by atoms with E-state index in [4.69, 9.17) is 37.4 Å². The number of nitrogens with one attached hydrogen (secondary N) is 1. The quantitative estimate of drug-likeness (QED) is 0.414. The van der Waals surface area contributed by atoms with Crippen LogP contribution in [-0.2, 0) is 0 Å². The molecule has 2 aromatic rings. The fraction of sp³-hybridized carbons (Fsp3) is 0.500. The van der Waals surface area contributed by atoms with Crippen LogP contribution in [-0.4, -0.2) is 79.9 Å². The zero-order valence-corrected chi connectivity index (χ0v) is 20.3. The maximum atomic E-state index is 10.3. The Morgan fingerprint density at radius 3 is 2.12 bits per heavy atom. The Morgan fingerprint density at radius 1 is 0.909 bits per heavy atom. The first kappa shape index (κ1) is 25.9. The van der Waals surface area contributed by atoms with Crippen molar-refractivity contribution < 1.29 is 24.4 Å². The Bertz CT molecular complexity index is 827. The van der Waals surface area contributed by atoms with Crippen molar-refractivity contribution in [3.63, 3.8) is 0 Å². The first-order chi connectivity index (χ1) is 15.9. The number of likely N-dealkylation sites (tertiary alicyclic amines) is 1. The number of nitrogens with zero attached hydrogens (tertiary/aromatic N) is 1. The molecule has 0 aliphatic carbocycles. The summed E-state index contributed by atoms with van der Waals surface area (Å²) in [5.41, 5.74) is 0. The zero-order valence-electron chi connectivity index (χ0n) is 18.8. The molecule has 2 atom stereocenters. The van der Waals surface area contributed by atoms with E-state index in [1.54, 1.807) is 25.3 Å². The molecule has 0 spiro atoms. The van der Waals surface area contributed by atoms with Crippen LogP contribution in [0.15, 0.2) is 42.5 Å². The lowest BCUT2D eigenvalue weighted by molar-refractivity contribution is 0.0556. The molecule has 1 aliphatic heterocycles. The molecular weight excluding hydrogens is 467 g/mol. The van der Waals surface area contributed by atoms with E-state index in [0.29, 0.717) is 40.7 Å². The third kappa shape index (κ3) is 9.20. The Balaban J connectivity index is 1.28. The van der Waals surface area contributed by atoms with Crippen LogP contribution in [0.25, 0.3) is 0 Å². The van der Waals surface area contributed by atoms with Gasteiger partial charge in [0.2, 0.25) is 0 Å². The van der Waals surface area contributed by atoms with Crippen LogP contribution in [0.5, 0.6) is 17.2 Å². The first-order valence-corrected chi connectivity index (χ1v) is 11.8. The Labute approximate surface area is 205 Å². The lowest BCUT2D eigenvalue weighted by atomic mass is 10.0. The number of piperidine rings is 1. The standard InChI is InChI=1S/C24H32Cl2N2O5/c1-31-22-2-4-23(5-3-22)32-15-20(29)13-27-19-6-8-28(9-7-19)14-21(30)16-33-24-11-17(25)10-18(26)12-24/h2-5,10-12,19-21,27,29-30H,6-9,13-16H2,1H3/t20-,21+/m0/s1. The summed E-state index contributed by atoms with van der Waals surface area (Å²) in [4.78, 5) is 2.22. The van der Waals surface area contributed by atoms with E-state index in [0.717, 1.165) is 31.7 Å².